The third kappa shape index (κ3) is 1.85. The molecule has 0 spiro atoms. The number of amides is 1. The molecule has 2 bridgehead atoms. The maximum Gasteiger partial charge on any atom is 0.292 e. The molecule has 3 rings (SSSR count). The molecule has 2 saturated carbocycles. The van der Waals surface area contributed by atoms with Crippen molar-refractivity contribution >= 4 is 28.8 Å². The first-order valence-electron chi connectivity index (χ1n) is 7.96. The summed E-state index contributed by atoms with van der Waals surface area (Å²) in [6.45, 7) is 5.41. The molecular weight excluding hydrogens is 326 g/mol. The highest BCUT2D eigenvalue weighted by atomic mass is 16.6. The number of hydrogen-bond acceptors (Lipinski definition) is 6. The summed E-state index contributed by atoms with van der Waals surface area (Å²) in [6.07, 6.45) is 0.830. The molecule has 8 heteroatoms. The van der Waals surface area contributed by atoms with Crippen molar-refractivity contribution in [3.8, 4) is 0 Å². The number of rotatable bonds is 3. The first-order valence-corrected chi connectivity index (χ1v) is 7.96. The summed E-state index contributed by atoms with van der Waals surface area (Å²) in [7, 11) is 0. The molecule has 25 heavy (non-hydrogen) atoms. The van der Waals surface area contributed by atoms with Crippen LogP contribution in [0.25, 0.3) is 0 Å². The van der Waals surface area contributed by atoms with Gasteiger partial charge in [0.05, 0.1) is 4.92 Å². The van der Waals surface area contributed by atoms with Gasteiger partial charge < -0.3 is 10.5 Å². The van der Waals surface area contributed by atoms with Crippen LogP contribution in [0.1, 0.15) is 33.6 Å². The number of para-hydroxylation sites is 2. The number of Topliss-reactive ketones (excluding diaryl/α,β-unsaturated/α-hetero) is 1. The minimum atomic E-state index is -1.41. The fourth-order valence-corrected chi connectivity index (χ4v) is 4.42. The quantitative estimate of drug-likeness (QED) is 0.377. The Labute approximate surface area is 144 Å². The molecule has 0 aliphatic heterocycles. The van der Waals surface area contributed by atoms with Crippen molar-refractivity contribution < 1.29 is 19.7 Å². The lowest BCUT2D eigenvalue weighted by Crippen LogP contribution is -2.47. The summed E-state index contributed by atoms with van der Waals surface area (Å²) in [6, 6.07) is 5.78. The number of fused-ring (bicyclic) bond motifs is 2. The van der Waals surface area contributed by atoms with Gasteiger partial charge in [0.15, 0.2) is 5.78 Å². The van der Waals surface area contributed by atoms with Gasteiger partial charge in [0.1, 0.15) is 16.8 Å². The van der Waals surface area contributed by atoms with Crippen molar-refractivity contribution in [2.75, 3.05) is 5.32 Å². The van der Waals surface area contributed by atoms with Gasteiger partial charge in [-0.3, -0.25) is 19.7 Å². The number of anilines is 1. The zero-order valence-electron chi connectivity index (χ0n) is 14.2. The summed E-state index contributed by atoms with van der Waals surface area (Å²) in [5.74, 6) is -1.11. The first-order chi connectivity index (χ1) is 11.6. The number of nitro benzene ring substituents is 1. The lowest BCUT2D eigenvalue weighted by Gasteiger charge is -2.37. The van der Waals surface area contributed by atoms with Crippen LogP contribution < -0.4 is 5.32 Å². The van der Waals surface area contributed by atoms with Crippen molar-refractivity contribution in [1.82, 2.24) is 0 Å². The van der Waals surface area contributed by atoms with Crippen LogP contribution in [0.4, 0.5) is 11.4 Å². The van der Waals surface area contributed by atoms with Crippen molar-refractivity contribution in [3.05, 3.63) is 34.4 Å². The summed E-state index contributed by atoms with van der Waals surface area (Å²) < 4.78 is 0. The number of carbonyl (C=O) groups excluding carboxylic acids is 2. The Balaban J connectivity index is 2.06. The topological polar surface area (TPSA) is 122 Å². The largest absolute Gasteiger partial charge is 0.411 e. The summed E-state index contributed by atoms with van der Waals surface area (Å²) in [5, 5.41) is 26.2. The van der Waals surface area contributed by atoms with Crippen molar-refractivity contribution in [2.45, 2.75) is 33.6 Å². The van der Waals surface area contributed by atoms with Crippen LogP contribution in [0.15, 0.2) is 29.4 Å². The smallest absolute Gasteiger partial charge is 0.292 e. The van der Waals surface area contributed by atoms with E-state index in [1.807, 2.05) is 6.92 Å². The molecule has 1 amide bonds. The number of hydrogen-bond donors (Lipinski definition) is 2. The summed E-state index contributed by atoms with van der Waals surface area (Å²) in [5.41, 5.74) is -3.12. The molecule has 1 aromatic carbocycles. The van der Waals surface area contributed by atoms with E-state index in [1.54, 1.807) is 19.9 Å². The van der Waals surface area contributed by atoms with Gasteiger partial charge in [0.2, 0.25) is 5.91 Å². The van der Waals surface area contributed by atoms with Gasteiger partial charge in [-0.05, 0) is 24.3 Å². The predicted octanol–water partition coefficient (Wildman–Crippen LogP) is 2.76. The Morgan fingerprint density at radius 2 is 1.92 bits per heavy atom. The highest BCUT2D eigenvalue weighted by Crippen LogP contribution is 2.69. The molecule has 132 valence electrons. The minimum absolute atomic E-state index is 0.00135. The van der Waals surface area contributed by atoms with Crippen LogP contribution in [0.3, 0.4) is 0 Å². The molecule has 2 N–H and O–H groups in total. The van der Waals surface area contributed by atoms with Crippen LogP contribution in [0, 0.1) is 26.4 Å². The summed E-state index contributed by atoms with van der Waals surface area (Å²) >= 11 is 0. The van der Waals surface area contributed by atoms with Gasteiger partial charge in [-0.25, -0.2) is 0 Å². The van der Waals surface area contributed by atoms with E-state index in [1.165, 1.54) is 18.2 Å². The highest BCUT2D eigenvalue weighted by Gasteiger charge is 2.77. The van der Waals surface area contributed by atoms with Gasteiger partial charge in [0, 0.05) is 11.5 Å². The Morgan fingerprint density at radius 3 is 2.48 bits per heavy atom. The number of nitro groups is 1. The Bertz CT molecular complexity index is 831. The lowest BCUT2D eigenvalue weighted by molar-refractivity contribution is -0.383. The normalized spacial score (nSPS) is 31.3. The zero-order valence-corrected chi connectivity index (χ0v) is 14.2. The van der Waals surface area contributed by atoms with Crippen LogP contribution in [-0.2, 0) is 9.59 Å². The molecule has 0 saturated heterocycles. The van der Waals surface area contributed by atoms with E-state index < -0.39 is 32.9 Å². The predicted molar refractivity (Wildman–Crippen MR) is 89.5 cm³/mol. The van der Waals surface area contributed by atoms with Crippen LogP contribution in [0.2, 0.25) is 0 Å². The first kappa shape index (κ1) is 17.1. The Morgan fingerprint density at radius 1 is 1.28 bits per heavy atom. The average molecular weight is 345 g/mol. The molecule has 2 aliphatic rings. The summed E-state index contributed by atoms with van der Waals surface area (Å²) in [4.78, 5) is 36.6. The van der Waals surface area contributed by atoms with E-state index in [0.717, 1.165) is 0 Å². The molecule has 0 aromatic heterocycles. The van der Waals surface area contributed by atoms with Gasteiger partial charge in [-0.1, -0.05) is 38.1 Å². The van der Waals surface area contributed by atoms with Crippen LogP contribution in [-0.4, -0.2) is 27.5 Å². The van der Waals surface area contributed by atoms with Crippen LogP contribution >= 0.6 is 0 Å². The number of oxime groups is 1. The third-order valence-corrected chi connectivity index (χ3v) is 6.41. The molecule has 2 fully saturated rings. The SMILES string of the molecule is CC12CCC(C(=O)Nc3ccccc3[N+](=O)[O-])(C(=O)/C1=N\O)C2(C)C. The standard InChI is InChI=1S/C17H19N3O5/c1-15(2)16(3)8-9-17(15,13(21)12(16)19-23)14(22)18-10-6-4-5-7-11(10)20(24)25/h4-7,23H,8-9H2,1-3H3,(H,18,22)/b19-12+. The molecule has 1 aromatic rings. The minimum Gasteiger partial charge on any atom is -0.411 e. The molecular formula is C17H19N3O5. The van der Waals surface area contributed by atoms with Crippen molar-refractivity contribution in [1.29, 1.82) is 0 Å². The van der Waals surface area contributed by atoms with E-state index in [2.05, 4.69) is 10.5 Å². The zero-order chi connectivity index (χ0) is 18.6. The maximum atomic E-state index is 13.1. The van der Waals surface area contributed by atoms with E-state index in [-0.39, 0.29) is 17.1 Å². The number of benzene rings is 1. The molecule has 0 heterocycles. The fourth-order valence-electron chi connectivity index (χ4n) is 4.42. The number of nitrogens with zero attached hydrogens (tertiary/aromatic N) is 2. The van der Waals surface area contributed by atoms with E-state index in [4.69, 9.17) is 0 Å². The van der Waals surface area contributed by atoms with Gasteiger partial charge in [-0.15, -0.1) is 0 Å². The fraction of sp³-hybridized carbons (Fsp3) is 0.471. The number of carbonyl (C=O) groups is 2. The molecule has 2 unspecified atom stereocenters. The maximum absolute atomic E-state index is 13.1. The third-order valence-electron chi connectivity index (χ3n) is 6.41. The average Bonchev–Trinajstić information content (AvgIpc) is 2.83. The molecule has 0 radical (unpaired) electrons. The van der Waals surface area contributed by atoms with E-state index in [9.17, 15) is 24.9 Å². The second-order valence-electron chi connectivity index (χ2n) is 7.37. The van der Waals surface area contributed by atoms with Crippen molar-refractivity contribution in [2.24, 2.45) is 21.4 Å². The Hall–Kier alpha value is -2.77. The second kappa shape index (κ2) is 5.11. The van der Waals surface area contributed by atoms with Gasteiger partial charge in [-0.2, -0.15) is 0 Å². The van der Waals surface area contributed by atoms with Gasteiger partial charge >= 0.3 is 0 Å². The van der Waals surface area contributed by atoms with Gasteiger partial charge in [0.25, 0.3) is 5.69 Å². The highest BCUT2D eigenvalue weighted by molar-refractivity contribution is 6.51. The lowest BCUT2D eigenvalue weighted by atomic mass is 9.64. The Kier molecular flexibility index (Phi) is 3.49. The van der Waals surface area contributed by atoms with Crippen LogP contribution in [0.5, 0.6) is 0 Å². The van der Waals surface area contributed by atoms with Crippen molar-refractivity contribution in [3.63, 3.8) is 0 Å². The van der Waals surface area contributed by atoms with E-state index in [0.29, 0.717) is 12.8 Å². The molecule has 2 aliphatic carbocycles. The second-order valence-corrected chi connectivity index (χ2v) is 7.37. The monoisotopic (exact) mass is 345 g/mol. The molecule has 8 nitrogen and oxygen atoms in total. The number of ketones is 1. The number of nitrogens with one attached hydrogen (secondary N) is 1. The molecule has 2 atom stereocenters. The van der Waals surface area contributed by atoms with E-state index >= 15 is 0 Å².